The van der Waals surface area contributed by atoms with Gasteiger partial charge in [0.25, 0.3) is 0 Å². The Balaban J connectivity index is 2.34. The first-order valence-electron chi connectivity index (χ1n) is 6.30. The predicted molar refractivity (Wildman–Crippen MR) is 62.3 cm³/mol. The van der Waals surface area contributed by atoms with Gasteiger partial charge in [-0.1, -0.05) is 19.8 Å². The molecular weight excluding hydrogens is 206 g/mol. The maximum atomic E-state index is 11.7. The number of unbranched alkanes of at least 4 members (excludes halogenated alkanes) is 1. The van der Waals surface area contributed by atoms with E-state index >= 15 is 0 Å². The van der Waals surface area contributed by atoms with E-state index in [4.69, 9.17) is 9.84 Å². The van der Waals surface area contributed by atoms with Crippen LogP contribution in [0, 0.1) is 5.92 Å². The minimum Gasteiger partial charge on any atom is -0.449 e. The van der Waals surface area contributed by atoms with Crippen LogP contribution in [0.4, 0.5) is 4.79 Å². The van der Waals surface area contributed by atoms with Gasteiger partial charge in [-0.2, -0.15) is 0 Å². The molecule has 1 rings (SSSR count). The van der Waals surface area contributed by atoms with Crippen LogP contribution in [0.5, 0.6) is 0 Å². The summed E-state index contributed by atoms with van der Waals surface area (Å²) in [6.07, 6.45) is 4.85. The highest BCUT2D eigenvalue weighted by atomic mass is 16.6. The molecule has 4 heteroatoms. The third kappa shape index (κ3) is 4.39. The molecule has 1 N–H and O–H groups in total. The van der Waals surface area contributed by atoms with E-state index in [0.29, 0.717) is 13.2 Å². The van der Waals surface area contributed by atoms with E-state index in [1.54, 1.807) is 4.90 Å². The van der Waals surface area contributed by atoms with Crippen LogP contribution in [-0.4, -0.2) is 42.4 Å². The standard InChI is InChI=1S/C12H23NO3/c1-2-3-8-16-12(15)13-7-5-4-6-11(9-13)10-14/h11,14H,2-10H2,1H3. The second kappa shape index (κ2) is 7.49. The third-order valence-electron chi connectivity index (χ3n) is 3.01. The lowest BCUT2D eigenvalue weighted by Crippen LogP contribution is -2.36. The molecule has 0 spiro atoms. The molecule has 0 radical (unpaired) electrons. The van der Waals surface area contributed by atoms with Gasteiger partial charge < -0.3 is 14.7 Å². The Morgan fingerprint density at radius 1 is 1.50 bits per heavy atom. The lowest BCUT2D eigenvalue weighted by Gasteiger charge is -2.22. The van der Waals surface area contributed by atoms with E-state index in [1.807, 2.05) is 0 Å². The minimum atomic E-state index is -0.214. The first-order valence-corrected chi connectivity index (χ1v) is 6.30. The highest BCUT2D eigenvalue weighted by Crippen LogP contribution is 2.16. The number of ether oxygens (including phenoxy) is 1. The predicted octanol–water partition coefficient (Wildman–Crippen LogP) is 2.02. The van der Waals surface area contributed by atoms with Gasteiger partial charge in [0.1, 0.15) is 0 Å². The summed E-state index contributed by atoms with van der Waals surface area (Å²) in [7, 11) is 0. The molecular formula is C12H23NO3. The Morgan fingerprint density at radius 2 is 2.31 bits per heavy atom. The molecule has 0 aromatic rings. The van der Waals surface area contributed by atoms with E-state index in [1.165, 1.54) is 0 Å². The Hall–Kier alpha value is -0.770. The third-order valence-corrected chi connectivity index (χ3v) is 3.01. The molecule has 0 aliphatic carbocycles. The number of nitrogens with zero attached hydrogens (tertiary/aromatic N) is 1. The molecule has 0 aromatic carbocycles. The lowest BCUT2D eigenvalue weighted by molar-refractivity contribution is 0.0922. The van der Waals surface area contributed by atoms with Crippen molar-refractivity contribution in [2.75, 3.05) is 26.3 Å². The van der Waals surface area contributed by atoms with Crippen LogP contribution in [0.15, 0.2) is 0 Å². The Kier molecular flexibility index (Phi) is 6.23. The van der Waals surface area contributed by atoms with Gasteiger partial charge in [0.05, 0.1) is 6.61 Å². The molecule has 1 aliphatic heterocycles. The minimum absolute atomic E-state index is 0.165. The summed E-state index contributed by atoms with van der Waals surface area (Å²) in [5, 5.41) is 9.15. The first kappa shape index (κ1) is 13.3. The van der Waals surface area contributed by atoms with Crippen molar-refractivity contribution in [2.24, 2.45) is 5.92 Å². The van der Waals surface area contributed by atoms with E-state index in [0.717, 1.165) is 38.6 Å². The molecule has 1 heterocycles. The van der Waals surface area contributed by atoms with Gasteiger partial charge in [-0.15, -0.1) is 0 Å². The summed E-state index contributed by atoms with van der Waals surface area (Å²) in [4.78, 5) is 13.4. The summed E-state index contributed by atoms with van der Waals surface area (Å²) < 4.78 is 5.18. The van der Waals surface area contributed by atoms with Crippen LogP contribution < -0.4 is 0 Å². The van der Waals surface area contributed by atoms with Crippen molar-refractivity contribution >= 4 is 6.09 Å². The van der Waals surface area contributed by atoms with E-state index in [-0.39, 0.29) is 18.6 Å². The number of hydrogen-bond acceptors (Lipinski definition) is 3. The average Bonchev–Trinajstić information content (AvgIpc) is 2.54. The zero-order valence-electron chi connectivity index (χ0n) is 10.2. The maximum Gasteiger partial charge on any atom is 0.409 e. The first-order chi connectivity index (χ1) is 7.77. The van der Waals surface area contributed by atoms with Crippen molar-refractivity contribution in [3.63, 3.8) is 0 Å². The SMILES string of the molecule is CCCCOC(=O)N1CCCCC(CO)C1. The van der Waals surface area contributed by atoms with Crippen LogP contribution >= 0.6 is 0 Å². The molecule has 16 heavy (non-hydrogen) atoms. The zero-order valence-corrected chi connectivity index (χ0v) is 10.2. The molecule has 1 atom stereocenters. The number of carbonyl (C=O) groups is 1. The normalized spacial score (nSPS) is 21.6. The highest BCUT2D eigenvalue weighted by molar-refractivity contribution is 5.67. The van der Waals surface area contributed by atoms with Crippen LogP contribution in [0.3, 0.4) is 0 Å². The number of carbonyl (C=O) groups excluding carboxylic acids is 1. The number of aliphatic hydroxyl groups is 1. The van der Waals surface area contributed by atoms with Crippen molar-refractivity contribution in [2.45, 2.75) is 39.0 Å². The van der Waals surface area contributed by atoms with Gasteiger partial charge in [0.2, 0.25) is 0 Å². The van der Waals surface area contributed by atoms with Gasteiger partial charge in [-0.05, 0) is 25.2 Å². The Bertz CT molecular complexity index is 208. The van der Waals surface area contributed by atoms with Crippen molar-refractivity contribution in [3.05, 3.63) is 0 Å². The average molecular weight is 229 g/mol. The monoisotopic (exact) mass is 229 g/mol. The van der Waals surface area contributed by atoms with Crippen LogP contribution in [0.2, 0.25) is 0 Å². The van der Waals surface area contributed by atoms with E-state index < -0.39 is 0 Å². The topological polar surface area (TPSA) is 49.8 Å². The smallest absolute Gasteiger partial charge is 0.409 e. The molecule has 0 saturated carbocycles. The van der Waals surface area contributed by atoms with Crippen molar-refractivity contribution < 1.29 is 14.6 Å². The van der Waals surface area contributed by atoms with Gasteiger partial charge >= 0.3 is 6.09 Å². The fraction of sp³-hybridized carbons (Fsp3) is 0.917. The molecule has 94 valence electrons. The molecule has 1 amide bonds. The second-order valence-electron chi connectivity index (χ2n) is 4.46. The molecule has 1 saturated heterocycles. The van der Waals surface area contributed by atoms with Gasteiger partial charge in [-0.3, -0.25) is 0 Å². The van der Waals surface area contributed by atoms with Crippen LogP contribution in [-0.2, 0) is 4.74 Å². The Morgan fingerprint density at radius 3 is 3.00 bits per heavy atom. The zero-order chi connectivity index (χ0) is 11.8. The van der Waals surface area contributed by atoms with E-state index in [9.17, 15) is 4.79 Å². The molecule has 0 bridgehead atoms. The molecule has 1 unspecified atom stereocenters. The molecule has 1 aliphatic rings. The molecule has 1 fully saturated rings. The maximum absolute atomic E-state index is 11.7. The number of likely N-dealkylation sites (tertiary alicyclic amines) is 1. The van der Waals surface area contributed by atoms with Crippen molar-refractivity contribution in [1.29, 1.82) is 0 Å². The number of aliphatic hydroxyl groups excluding tert-OH is 1. The fourth-order valence-electron chi connectivity index (χ4n) is 1.94. The van der Waals surface area contributed by atoms with Crippen molar-refractivity contribution in [1.82, 2.24) is 4.90 Å². The summed E-state index contributed by atoms with van der Waals surface area (Å²) >= 11 is 0. The fourth-order valence-corrected chi connectivity index (χ4v) is 1.94. The Labute approximate surface area is 97.6 Å². The molecule has 4 nitrogen and oxygen atoms in total. The van der Waals surface area contributed by atoms with Crippen molar-refractivity contribution in [3.8, 4) is 0 Å². The van der Waals surface area contributed by atoms with Gasteiger partial charge in [0, 0.05) is 19.7 Å². The highest BCUT2D eigenvalue weighted by Gasteiger charge is 2.22. The number of hydrogen-bond donors (Lipinski definition) is 1. The number of amides is 1. The van der Waals surface area contributed by atoms with Crippen LogP contribution in [0.1, 0.15) is 39.0 Å². The van der Waals surface area contributed by atoms with Gasteiger partial charge in [0.15, 0.2) is 0 Å². The summed E-state index contributed by atoms with van der Waals surface area (Å²) in [6, 6.07) is 0. The van der Waals surface area contributed by atoms with Crippen LogP contribution in [0.25, 0.3) is 0 Å². The van der Waals surface area contributed by atoms with Gasteiger partial charge in [-0.25, -0.2) is 4.79 Å². The summed E-state index contributed by atoms with van der Waals surface area (Å²) in [5.74, 6) is 0.223. The lowest BCUT2D eigenvalue weighted by atomic mass is 10.1. The largest absolute Gasteiger partial charge is 0.449 e. The summed E-state index contributed by atoms with van der Waals surface area (Å²) in [6.45, 7) is 4.15. The summed E-state index contributed by atoms with van der Waals surface area (Å²) in [5.41, 5.74) is 0. The number of rotatable bonds is 4. The quantitative estimate of drug-likeness (QED) is 0.750. The van der Waals surface area contributed by atoms with E-state index in [2.05, 4.69) is 6.92 Å². The molecule has 0 aromatic heterocycles. The second-order valence-corrected chi connectivity index (χ2v) is 4.46.